The number of rotatable bonds is 10. The van der Waals surface area contributed by atoms with E-state index in [1.165, 1.54) is 30.5 Å². The van der Waals surface area contributed by atoms with Crippen LogP contribution in [-0.4, -0.2) is 84.6 Å². The van der Waals surface area contributed by atoms with E-state index in [1.807, 2.05) is 6.07 Å². The quantitative estimate of drug-likeness (QED) is 0.264. The fourth-order valence-electron chi connectivity index (χ4n) is 4.18. The molecule has 42 heavy (non-hydrogen) atoms. The van der Waals surface area contributed by atoms with Crippen molar-refractivity contribution in [1.82, 2.24) is 15.0 Å². The van der Waals surface area contributed by atoms with Gasteiger partial charge in [-0.05, 0) is 24.3 Å². The molecule has 3 rings (SSSR count). The van der Waals surface area contributed by atoms with Crippen LogP contribution in [0.1, 0.15) is 45.2 Å². The van der Waals surface area contributed by atoms with E-state index in [4.69, 9.17) is 28.9 Å². The number of carbonyl (C=O) groups excluding carboxylic acids is 4. The van der Waals surface area contributed by atoms with E-state index in [0.717, 1.165) is 42.9 Å². The molecule has 1 saturated heterocycles. The summed E-state index contributed by atoms with van der Waals surface area (Å²) in [6, 6.07) is 7.80. The molecule has 17 heteroatoms. The SMILES string of the molecule is CC(=O)OC[C@H]1O[C@@H](n2cc(CN(c3ccc(C#N)cc3)S(C)(=O)=O)nn2)[C@@H](OC(C)=O)[C@@H](OC(C)=O)[C@@H]1OC(C)=O. The summed E-state index contributed by atoms with van der Waals surface area (Å²) in [5.41, 5.74) is 0.734. The van der Waals surface area contributed by atoms with Crippen molar-refractivity contribution >= 4 is 39.6 Å². The zero-order valence-corrected chi connectivity index (χ0v) is 24.1. The molecule has 2 heterocycles. The van der Waals surface area contributed by atoms with Gasteiger partial charge in [0.25, 0.3) is 0 Å². The van der Waals surface area contributed by atoms with E-state index in [0.29, 0.717) is 5.56 Å². The molecule has 0 bridgehead atoms. The van der Waals surface area contributed by atoms with Gasteiger partial charge < -0.3 is 23.7 Å². The normalized spacial score (nSPS) is 21.9. The maximum absolute atomic E-state index is 12.6. The molecule has 0 unspecified atom stereocenters. The number of nitrogens with zero attached hydrogens (tertiary/aromatic N) is 5. The highest BCUT2D eigenvalue weighted by Gasteiger charge is 2.53. The first-order valence-corrected chi connectivity index (χ1v) is 14.2. The molecule has 1 aliphatic heterocycles. The lowest BCUT2D eigenvalue weighted by Crippen LogP contribution is -2.60. The summed E-state index contributed by atoms with van der Waals surface area (Å²) < 4.78 is 54.6. The molecule has 1 aromatic carbocycles. The average Bonchev–Trinajstić information content (AvgIpc) is 3.35. The molecule has 1 aliphatic rings. The van der Waals surface area contributed by atoms with Crippen LogP contribution in [0.2, 0.25) is 0 Å². The number of anilines is 1. The van der Waals surface area contributed by atoms with E-state index < -0.39 is 71.2 Å². The lowest BCUT2D eigenvalue weighted by molar-refractivity contribution is -0.270. The van der Waals surface area contributed by atoms with E-state index >= 15 is 0 Å². The second kappa shape index (κ2) is 13.4. The third kappa shape index (κ3) is 8.24. The zero-order chi connectivity index (χ0) is 31.2. The molecule has 1 aromatic heterocycles. The molecule has 226 valence electrons. The van der Waals surface area contributed by atoms with Gasteiger partial charge in [-0.15, -0.1) is 5.10 Å². The Balaban J connectivity index is 2.02. The van der Waals surface area contributed by atoms with Crippen LogP contribution in [0.25, 0.3) is 0 Å². The van der Waals surface area contributed by atoms with Crippen molar-refractivity contribution in [2.45, 2.75) is 64.9 Å². The van der Waals surface area contributed by atoms with E-state index in [1.54, 1.807) is 0 Å². The number of hydrogen-bond donors (Lipinski definition) is 0. The Morgan fingerprint density at radius 3 is 2.05 bits per heavy atom. The van der Waals surface area contributed by atoms with Crippen LogP contribution < -0.4 is 4.31 Å². The van der Waals surface area contributed by atoms with Crippen molar-refractivity contribution in [1.29, 1.82) is 5.26 Å². The Hall–Kier alpha value is -4.56. The fraction of sp³-hybridized carbons (Fsp3) is 0.480. The highest BCUT2D eigenvalue weighted by molar-refractivity contribution is 7.92. The monoisotopic (exact) mass is 607 g/mol. The maximum atomic E-state index is 12.6. The Morgan fingerprint density at radius 1 is 0.952 bits per heavy atom. The second-order valence-electron chi connectivity index (χ2n) is 9.21. The Kier molecular flexibility index (Phi) is 10.2. The van der Waals surface area contributed by atoms with Gasteiger partial charge >= 0.3 is 23.9 Å². The van der Waals surface area contributed by atoms with E-state index in [-0.39, 0.29) is 17.9 Å². The maximum Gasteiger partial charge on any atom is 0.303 e. The molecule has 5 atom stereocenters. The molecule has 16 nitrogen and oxygen atoms in total. The number of aromatic nitrogens is 3. The first kappa shape index (κ1) is 32.0. The molecule has 0 aliphatic carbocycles. The molecule has 0 spiro atoms. The van der Waals surface area contributed by atoms with Gasteiger partial charge in [-0.25, -0.2) is 13.1 Å². The van der Waals surface area contributed by atoms with Gasteiger partial charge in [0, 0.05) is 27.7 Å². The Morgan fingerprint density at radius 2 is 1.52 bits per heavy atom. The number of ether oxygens (including phenoxy) is 5. The van der Waals surface area contributed by atoms with Crippen molar-refractivity contribution in [3.63, 3.8) is 0 Å². The van der Waals surface area contributed by atoms with Crippen LogP contribution in [0.3, 0.4) is 0 Å². The third-order valence-corrected chi connectivity index (χ3v) is 6.92. The van der Waals surface area contributed by atoms with Crippen molar-refractivity contribution in [3.05, 3.63) is 41.7 Å². The first-order valence-electron chi connectivity index (χ1n) is 12.4. The van der Waals surface area contributed by atoms with Crippen molar-refractivity contribution in [2.75, 3.05) is 17.2 Å². The van der Waals surface area contributed by atoms with Crippen LogP contribution in [-0.2, 0) is 59.4 Å². The van der Waals surface area contributed by atoms with Crippen molar-refractivity contribution in [3.8, 4) is 6.07 Å². The summed E-state index contributed by atoms with van der Waals surface area (Å²) >= 11 is 0. The van der Waals surface area contributed by atoms with Gasteiger partial charge in [-0.2, -0.15) is 5.26 Å². The molecule has 0 N–H and O–H groups in total. The van der Waals surface area contributed by atoms with Gasteiger partial charge in [0.05, 0.1) is 36.3 Å². The highest BCUT2D eigenvalue weighted by Crippen LogP contribution is 2.34. The topological polar surface area (TPSA) is 206 Å². The molecular weight excluding hydrogens is 578 g/mol. The minimum atomic E-state index is -3.82. The minimum Gasteiger partial charge on any atom is -0.463 e. The minimum absolute atomic E-state index is 0.137. The van der Waals surface area contributed by atoms with Crippen LogP contribution in [0.15, 0.2) is 30.5 Å². The van der Waals surface area contributed by atoms with Gasteiger partial charge in [0.15, 0.2) is 24.5 Å². The Labute approximate surface area is 241 Å². The van der Waals surface area contributed by atoms with Gasteiger partial charge in [0.2, 0.25) is 10.0 Å². The van der Waals surface area contributed by atoms with Crippen LogP contribution >= 0.6 is 0 Å². The Bertz CT molecular complexity index is 1470. The molecule has 2 aromatic rings. The number of nitriles is 1. The molecule has 1 fully saturated rings. The number of benzene rings is 1. The lowest BCUT2D eigenvalue weighted by atomic mass is 9.97. The second-order valence-corrected chi connectivity index (χ2v) is 11.1. The number of esters is 4. The summed E-state index contributed by atoms with van der Waals surface area (Å²) in [7, 11) is -3.82. The largest absolute Gasteiger partial charge is 0.463 e. The predicted molar refractivity (Wildman–Crippen MR) is 139 cm³/mol. The summed E-state index contributed by atoms with van der Waals surface area (Å²) in [5, 5.41) is 17.1. The smallest absolute Gasteiger partial charge is 0.303 e. The summed E-state index contributed by atoms with van der Waals surface area (Å²) in [6.45, 7) is 3.73. The van der Waals surface area contributed by atoms with Gasteiger partial charge in [-0.1, -0.05) is 5.21 Å². The molecule has 0 amide bonds. The average molecular weight is 608 g/mol. The highest BCUT2D eigenvalue weighted by atomic mass is 32.2. The first-order chi connectivity index (χ1) is 19.7. The predicted octanol–water partition coefficient (Wildman–Crippen LogP) is 0.372. The molecule has 0 radical (unpaired) electrons. The number of sulfonamides is 1. The van der Waals surface area contributed by atoms with E-state index in [2.05, 4.69) is 10.3 Å². The summed E-state index contributed by atoms with van der Waals surface area (Å²) in [6.07, 6.45) is -4.45. The van der Waals surface area contributed by atoms with Gasteiger partial charge in [-0.3, -0.25) is 23.5 Å². The fourth-order valence-corrected chi connectivity index (χ4v) is 5.05. The molecular formula is C25H29N5O11S. The van der Waals surface area contributed by atoms with Crippen LogP contribution in [0, 0.1) is 11.3 Å². The van der Waals surface area contributed by atoms with Gasteiger partial charge in [0.1, 0.15) is 18.4 Å². The third-order valence-electron chi connectivity index (χ3n) is 5.78. The lowest BCUT2D eigenvalue weighted by Gasteiger charge is -2.44. The van der Waals surface area contributed by atoms with Crippen LogP contribution in [0.4, 0.5) is 5.69 Å². The number of carbonyl (C=O) groups is 4. The molecule has 0 saturated carbocycles. The van der Waals surface area contributed by atoms with Crippen molar-refractivity contribution in [2.24, 2.45) is 0 Å². The summed E-state index contributed by atoms with van der Waals surface area (Å²) in [5.74, 6) is -3.04. The van der Waals surface area contributed by atoms with Crippen molar-refractivity contribution < 1.29 is 51.3 Å². The van der Waals surface area contributed by atoms with Crippen LogP contribution in [0.5, 0.6) is 0 Å². The van der Waals surface area contributed by atoms with E-state index in [9.17, 15) is 27.6 Å². The zero-order valence-electron chi connectivity index (χ0n) is 23.3. The number of hydrogen-bond acceptors (Lipinski definition) is 14. The standard InChI is InChI=1S/C25H29N5O11S/c1-14(31)37-13-21-22(38-15(2)32)23(39-16(3)33)24(40-17(4)34)25(41-21)29-11-19(27-28-29)12-30(42(5,35)36)20-8-6-18(10-26)7-9-20/h6-9,11,21-25H,12-13H2,1-5H3/t21-,22-,23+,24+,25-/m1/s1. The summed E-state index contributed by atoms with van der Waals surface area (Å²) in [4.78, 5) is 47.6.